The second-order valence-corrected chi connectivity index (χ2v) is 8.46. The summed E-state index contributed by atoms with van der Waals surface area (Å²) in [5, 5.41) is 0. The largest absolute Gasteiger partial charge is 0.325 e. The molecule has 2 rings (SSSR count). The van der Waals surface area contributed by atoms with Crippen molar-refractivity contribution in [2.45, 2.75) is 51.5 Å². The summed E-state index contributed by atoms with van der Waals surface area (Å²) in [5.74, 6) is 0. The summed E-state index contributed by atoms with van der Waals surface area (Å²) in [4.78, 5) is 1.41. The Labute approximate surface area is 111 Å². The molecule has 0 saturated heterocycles. The van der Waals surface area contributed by atoms with Gasteiger partial charge in [-0.2, -0.15) is 0 Å². The van der Waals surface area contributed by atoms with Crippen LogP contribution in [0.2, 0.25) is 0 Å². The Morgan fingerprint density at radius 1 is 1.25 bits per heavy atom. The summed E-state index contributed by atoms with van der Waals surface area (Å²) in [6.07, 6.45) is 5.89. The second kappa shape index (κ2) is 4.43. The lowest BCUT2D eigenvalue weighted by Gasteiger charge is -2.41. The van der Waals surface area contributed by atoms with Crippen LogP contribution in [-0.4, -0.2) is 5.54 Å². The molecule has 0 atom stereocenters. The fourth-order valence-corrected chi connectivity index (χ4v) is 4.03. The van der Waals surface area contributed by atoms with E-state index >= 15 is 0 Å². The van der Waals surface area contributed by atoms with Gasteiger partial charge in [-0.3, -0.25) is 0 Å². The highest BCUT2D eigenvalue weighted by molar-refractivity contribution is 9.11. The zero-order chi connectivity index (χ0) is 11.8. The standard InChI is InChI=1S/C13H20BrNS/c1-12(2)5-7-13(15,8-6-12)9-10-3-4-11(14)16-10/h3-4H,5-9,15H2,1-2H3. The van der Waals surface area contributed by atoms with E-state index in [1.165, 1.54) is 21.5 Å². The minimum Gasteiger partial charge on any atom is -0.325 e. The molecular formula is C13H20BrNS. The third-order valence-electron chi connectivity index (χ3n) is 3.75. The maximum Gasteiger partial charge on any atom is 0.0701 e. The molecule has 0 spiro atoms. The number of hydrogen-bond acceptors (Lipinski definition) is 2. The normalized spacial score (nSPS) is 23.2. The molecule has 1 saturated carbocycles. The van der Waals surface area contributed by atoms with Gasteiger partial charge < -0.3 is 5.73 Å². The van der Waals surface area contributed by atoms with Gasteiger partial charge in [0.2, 0.25) is 0 Å². The number of nitrogens with two attached hydrogens (primary N) is 1. The van der Waals surface area contributed by atoms with Crippen molar-refractivity contribution in [3.63, 3.8) is 0 Å². The maximum absolute atomic E-state index is 6.51. The van der Waals surface area contributed by atoms with Crippen molar-refractivity contribution in [3.05, 3.63) is 20.8 Å². The third kappa shape index (κ3) is 3.08. The summed E-state index contributed by atoms with van der Waals surface area (Å²) in [7, 11) is 0. The summed E-state index contributed by atoms with van der Waals surface area (Å²) >= 11 is 5.33. The smallest absolute Gasteiger partial charge is 0.0701 e. The van der Waals surface area contributed by atoms with Crippen molar-refractivity contribution < 1.29 is 0 Å². The Morgan fingerprint density at radius 2 is 1.88 bits per heavy atom. The van der Waals surface area contributed by atoms with Crippen molar-refractivity contribution in [1.82, 2.24) is 0 Å². The number of rotatable bonds is 2. The van der Waals surface area contributed by atoms with E-state index in [1.807, 2.05) is 11.3 Å². The second-order valence-electron chi connectivity index (χ2n) is 5.91. The van der Waals surface area contributed by atoms with Gasteiger partial charge in [0.1, 0.15) is 0 Å². The molecule has 1 aromatic rings. The van der Waals surface area contributed by atoms with Gasteiger partial charge in [0.05, 0.1) is 3.79 Å². The molecule has 0 aliphatic heterocycles. The van der Waals surface area contributed by atoms with Gasteiger partial charge in [-0.25, -0.2) is 0 Å². The Kier molecular flexibility index (Phi) is 3.49. The SMILES string of the molecule is CC1(C)CCC(N)(Cc2ccc(Br)s2)CC1. The Morgan fingerprint density at radius 3 is 2.38 bits per heavy atom. The molecule has 2 N–H and O–H groups in total. The first-order valence-corrected chi connectivity index (χ1v) is 7.53. The van der Waals surface area contributed by atoms with Crippen LogP contribution in [0.15, 0.2) is 15.9 Å². The summed E-state index contributed by atoms with van der Waals surface area (Å²) in [5.41, 5.74) is 7.05. The Hall–Kier alpha value is 0.140. The van der Waals surface area contributed by atoms with Gasteiger partial charge in [-0.05, 0) is 65.6 Å². The van der Waals surface area contributed by atoms with Crippen LogP contribution in [0.3, 0.4) is 0 Å². The first kappa shape index (κ1) is 12.6. The minimum absolute atomic E-state index is 0.0415. The number of hydrogen-bond donors (Lipinski definition) is 1. The molecule has 0 aromatic carbocycles. The maximum atomic E-state index is 6.51. The molecule has 3 heteroatoms. The van der Waals surface area contributed by atoms with Crippen LogP contribution in [0.25, 0.3) is 0 Å². The zero-order valence-electron chi connectivity index (χ0n) is 10.1. The van der Waals surface area contributed by atoms with E-state index in [9.17, 15) is 0 Å². The first-order chi connectivity index (χ1) is 7.39. The summed E-state index contributed by atoms with van der Waals surface area (Å²) in [6, 6.07) is 4.32. The van der Waals surface area contributed by atoms with Crippen LogP contribution < -0.4 is 5.73 Å². The van der Waals surface area contributed by atoms with Gasteiger partial charge >= 0.3 is 0 Å². The van der Waals surface area contributed by atoms with Gasteiger partial charge in [-0.15, -0.1) is 11.3 Å². The average Bonchev–Trinajstić information content (AvgIpc) is 2.58. The van der Waals surface area contributed by atoms with E-state index in [0.29, 0.717) is 5.41 Å². The van der Waals surface area contributed by atoms with Crippen molar-refractivity contribution in [2.75, 3.05) is 0 Å². The monoisotopic (exact) mass is 301 g/mol. The Balaban J connectivity index is 1.99. The van der Waals surface area contributed by atoms with Crippen LogP contribution in [0.1, 0.15) is 44.4 Å². The molecule has 0 unspecified atom stereocenters. The highest BCUT2D eigenvalue weighted by atomic mass is 79.9. The molecule has 1 heterocycles. The summed E-state index contributed by atoms with van der Waals surface area (Å²) in [6.45, 7) is 4.71. The molecule has 16 heavy (non-hydrogen) atoms. The fourth-order valence-electron chi connectivity index (χ4n) is 2.40. The van der Waals surface area contributed by atoms with E-state index in [4.69, 9.17) is 5.73 Å². The molecule has 1 nitrogen and oxygen atoms in total. The molecule has 1 aliphatic carbocycles. The highest BCUT2D eigenvalue weighted by Gasteiger charge is 2.35. The van der Waals surface area contributed by atoms with E-state index in [0.717, 1.165) is 19.3 Å². The lowest BCUT2D eigenvalue weighted by atomic mass is 9.68. The van der Waals surface area contributed by atoms with E-state index in [2.05, 4.69) is 41.9 Å². The molecular weight excluding hydrogens is 282 g/mol. The van der Waals surface area contributed by atoms with Crippen molar-refractivity contribution in [2.24, 2.45) is 11.1 Å². The molecule has 1 aromatic heterocycles. The first-order valence-electron chi connectivity index (χ1n) is 5.92. The van der Waals surface area contributed by atoms with Crippen LogP contribution in [0.4, 0.5) is 0 Å². The molecule has 90 valence electrons. The molecule has 1 fully saturated rings. The molecule has 0 bridgehead atoms. The molecule has 1 aliphatic rings. The van der Waals surface area contributed by atoms with Crippen LogP contribution in [0, 0.1) is 5.41 Å². The predicted octanol–water partition coefficient (Wildman–Crippen LogP) is 4.35. The van der Waals surface area contributed by atoms with Gasteiger partial charge in [0, 0.05) is 10.4 Å². The van der Waals surface area contributed by atoms with Gasteiger partial charge in [0.15, 0.2) is 0 Å². The highest BCUT2D eigenvalue weighted by Crippen LogP contribution is 2.41. The third-order valence-corrected chi connectivity index (χ3v) is 5.38. The lowest BCUT2D eigenvalue weighted by molar-refractivity contribution is 0.165. The van der Waals surface area contributed by atoms with Gasteiger partial charge in [0.25, 0.3) is 0 Å². The lowest BCUT2D eigenvalue weighted by Crippen LogP contribution is -2.46. The topological polar surface area (TPSA) is 26.0 Å². The van der Waals surface area contributed by atoms with E-state index in [-0.39, 0.29) is 5.54 Å². The van der Waals surface area contributed by atoms with Crippen LogP contribution >= 0.6 is 27.3 Å². The summed E-state index contributed by atoms with van der Waals surface area (Å²) < 4.78 is 1.21. The number of thiophene rings is 1. The average molecular weight is 302 g/mol. The molecule has 0 amide bonds. The van der Waals surface area contributed by atoms with Crippen LogP contribution in [-0.2, 0) is 6.42 Å². The predicted molar refractivity (Wildman–Crippen MR) is 74.9 cm³/mol. The van der Waals surface area contributed by atoms with E-state index < -0.39 is 0 Å². The van der Waals surface area contributed by atoms with Gasteiger partial charge in [-0.1, -0.05) is 13.8 Å². The number of halogens is 1. The quantitative estimate of drug-likeness (QED) is 0.863. The fraction of sp³-hybridized carbons (Fsp3) is 0.692. The van der Waals surface area contributed by atoms with E-state index in [1.54, 1.807) is 0 Å². The zero-order valence-corrected chi connectivity index (χ0v) is 12.5. The van der Waals surface area contributed by atoms with Crippen molar-refractivity contribution in [3.8, 4) is 0 Å². The Bertz CT molecular complexity index is 360. The van der Waals surface area contributed by atoms with Crippen LogP contribution in [0.5, 0.6) is 0 Å². The van der Waals surface area contributed by atoms with Crippen molar-refractivity contribution in [1.29, 1.82) is 0 Å². The molecule has 0 radical (unpaired) electrons. The minimum atomic E-state index is 0.0415. The van der Waals surface area contributed by atoms with Crippen molar-refractivity contribution >= 4 is 27.3 Å².